The molecule has 2 heterocycles. The first-order chi connectivity index (χ1) is 10.6. The van der Waals surface area contributed by atoms with E-state index in [2.05, 4.69) is 0 Å². The second-order valence-electron chi connectivity index (χ2n) is 5.38. The number of epoxide rings is 1. The van der Waals surface area contributed by atoms with Gasteiger partial charge in [0.2, 0.25) is 17.7 Å². The molecule has 0 aromatic heterocycles. The van der Waals surface area contributed by atoms with Crippen LogP contribution < -0.4 is 4.74 Å². The summed E-state index contributed by atoms with van der Waals surface area (Å²) in [4.78, 5) is 22.9. The molecule has 1 saturated heterocycles. The van der Waals surface area contributed by atoms with Crippen molar-refractivity contribution in [2.75, 3.05) is 0 Å². The Morgan fingerprint density at radius 3 is 2.59 bits per heavy atom. The number of ketones is 1. The largest absolute Gasteiger partial charge is 0.460 e. The van der Waals surface area contributed by atoms with Gasteiger partial charge in [0.15, 0.2) is 0 Å². The average Bonchev–Trinajstić information content (AvgIpc) is 3.22. The third-order valence-electron chi connectivity index (χ3n) is 4.00. The number of carbonyl (C=O) groups excluding carboxylic acids is 1. The second-order valence-corrected chi connectivity index (χ2v) is 5.38. The molecule has 2 aliphatic rings. The zero-order valence-electron chi connectivity index (χ0n) is 11.4. The maximum atomic E-state index is 12.6. The SMILES string of the molecule is O=C1c2ccccc2OC2OC12Cc1ccc([N+](=O)[O-])cc1. The molecule has 2 aliphatic heterocycles. The molecule has 6 heteroatoms. The summed E-state index contributed by atoms with van der Waals surface area (Å²) in [7, 11) is 0. The van der Waals surface area contributed by atoms with Gasteiger partial charge in [-0.1, -0.05) is 24.3 Å². The number of nitro groups is 1. The minimum Gasteiger partial charge on any atom is -0.460 e. The molecule has 0 bridgehead atoms. The summed E-state index contributed by atoms with van der Waals surface area (Å²) >= 11 is 0. The number of non-ortho nitro benzene ring substituents is 1. The highest BCUT2D eigenvalue weighted by Gasteiger charge is 2.67. The molecule has 6 nitrogen and oxygen atoms in total. The Morgan fingerprint density at radius 1 is 1.14 bits per heavy atom. The molecule has 4 rings (SSSR count). The van der Waals surface area contributed by atoms with E-state index in [0.29, 0.717) is 17.7 Å². The van der Waals surface area contributed by atoms with Crippen molar-refractivity contribution in [3.8, 4) is 5.75 Å². The summed E-state index contributed by atoms with van der Waals surface area (Å²) in [6.07, 6.45) is -0.242. The molecule has 2 aromatic rings. The molecule has 22 heavy (non-hydrogen) atoms. The predicted octanol–water partition coefficient (Wildman–Crippen LogP) is 2.51. The molecule has 0 aliphatic carbocycles. The van der Waals surface area contributed by atoms with Crippen LogP contribution in [-0.4, -0.2) is 22.6 Å². The molecular formula is C16H11NO5. The number of nitro benzene ring substituents is 1. The maximum Gasteiger partial charge on any atom is 0.269 e. The summed E-state index contributed by atoms with van der Waals surface area (Å²) in [6.45, 7) is 0. The average molecular weight is 297 g/mol. The Hall–Kier alpha value is -2.73. The van der Waals surface area contributed by atoms with Crippen molar-refractivity contribution < 1.29 is 19.2 Å². The van der Waals surface area contributed by atoms with Crippen LogP contribution in [0.25, 0.3) is 0 Å². The summed E-state index contributed by atoms with van der Waals surface area (Å²) in [5, 5.41) is 10.7. The lowest BCUT2D eigenvalue weighted by Crippen LogP contribution is -2.35. The molecule has 0 saturated carbocycles. The third-order valence-corrected chi connectivity index (χ3v) is 4.00. The lowest BCUT2D eigenvalue weighted by atomic mass is 9.89. The van der Waals surface area contributed by atoms with Crippen molar-refractivity contribution in [2.45, 2.75) is 18.3 Å². The smallest absolute Gasteiger partial charge is 0.269 e. The van der Waals surface area contributed by atoms with E-state index in [4.69, 9.17) is 9.47 Å². The van der Waals surface area contributed by atoms with E-state index in [0.717, 1.165) is 5.56 Å². The van der Waals surface area contributed by atoms with Crippen LogP contribution in [-0.2, 0) is 11.2 Å². The van der Waals surface area contributed by atoms with Crippen LogP contribution in [0.3, 0.4) is 0 Å². The van der Waals surface area contributed by atoms with Gasteiger partial charge in [0.05, 0.1) is 10.5 Å². The molecule has 0 N–H and O–H groups in total. The van der Waals surface area contributed by atoms with Crippen molar-refractivity contribution in [3.05, 3.63) is 69.8 Å². The number of rotatable bonds is 3. The van der Waals surface area contributed by atoms with E-state index in [1.54, 1.807) is 36.4 Å². The highest BCUT2D eigenvalue weighted by Crippen LogP contribution is 2.48. The molecule has 1 fully saturated rings. The Morgan fingerprint density at radius 2 is 1.86 bits per heavy atom. The van der Waals surface area contributed by atoms with Crippen molar-refractivity contribution in [2.24, 2.45) is 0 Å². The first kappa shape index (κ1) is 13.0. The highest BCUT2D eigenvalue weighted by atomic mass is 16.8. The fraction of sp³-hybridized carbons (Fsp3) is 0.188. The van der Waals surface area contributed by atoms with Gasteiger partial charge in [-0.2, -0.15) is 0 Å². The van der Waals surface area contributed by atoms with Gasteiger partial charge >= 0.3 is 0 Å². The molecule has 2 unspecified atom stereocenters. The van der Waals surface area contributed by atoms with Gasteiger partial charge in [-0.15, -0.1) is 0 Å². The number of ether oxygens (including phenoxy) is 2. The molecule has 2 aromatic carbocycles. The lowest BCUT2D eigenvalue weighted by Gasteiger charge is -2.19. The number of benzene rings is 2. The number of Topliss-reactive ketones (excluding diaryl/α,β-unsaturated/α-hetero) is 1. The highest BCUT2D eigenvalue weighted by molar-refractivity contribution is 6.07. The van der Waals surface area contributed by atoms with Crippen molar-refractivity contribution >= 4 is 11.5 Å². The Labute approximate surface area is 125 Å². The molecule has 0 radical (unpaired) electrons. The van der Waals surface area contributed by atoms with Gasteiger partial charge in [0.1, 0.15) is 5.75 Å². The molecule has 110 valence electrons. The summed E-state index contributed by atoms with van der Waals surface area (Å²) in [6, 6.07) is 13.2. The van der Waals surface area contributed by atoms with E-state index < -0.39 is 16.8 Å². The fourth-order valence-electron chi connectivity index (χ4n) is 2.78. The van der Waals surface area contributed by atoms with E-state index >= 15 is 0 Å². The van der Waals surface area contributed by atoms with Crippen molar-refractivity contribution in [1.82, 2.24) is 0 Å². The first-order valence-corrected chi connectivity index (χ1v) is 6.82. The number of carbonyl (C=O) groups is 1. The number of nitrogens with zero attached hydrogens (tertiary/aromatic N) is 1. The summed E-state index contributed by atoms with van der Waals surface area (Å²) < 4.78 is 11.2. The Balaban J connectivity index is 1.62. The van der Waals surface area contributed by atoms with E-state index in [9.17, 15) is 14.9 Å². The number of para-hydroxylation sites is 1. The van der Waals surface area contributed by atoms with Crippen LogP contribution >= 0.6 is 0 Å². The summed E-state index contributed by atoms with van der Waals surface area (Å²) in [5.74, 6) is 0.437. The zero-order chi connectivity index (χ0) is 15.3. The van der Waals surface area contributed by atoms with Gasteiger partial charge in [-0.25, -0.2) is 0 Å². The summed E-state index contributed by atoms with van der Waals surface area (Å²) in [5.41, 5.74) is 0.332. The molecule has 0 amide bonds. The molecule has 2 atom stereocenters. The van der Waals surface area contributed by atoms with E-state index in [1.165, 1.54) is 12.1 Å². The van der Waals surface area contributed by atoms with Gasteiger partial charge in [0.25, 0.3) is 5.69 Å². The zero-order valence-corrected chi connectivity index (χ0v) is 11.4. The fourth-order valence-corrected chi connectivity index (χ4v) is 2.78. The van der Waals surface area contributed by atoms with Crippen LogP contribution in [0.5, 0.6) is 5.75 Å². The lowest BCUT2D eigenvalue weighted by molar-refractivity contribution is -0.384. The quantitative estimate of drug-likeness (QED) is 0.494. The van der Waals surface area contributed by atoms with Crippen molar-refractivity contribution in [3.63, 3.8) is 0 Å². The first-order valence-electron chi connectivity index (χ1n) is 6.82. The van der Waals surface area contributed by atoms with E-state index in [1.807, 2.05) is 0 Å². The standard InChI is InChI=1S/C16H11NO5/c18-14-12-3-1-2-4-13(12)21-15-16(14,22-15)9-10-5-7-11(8-6-10)17(19)20/h1-8,15H,9H2. The maximum absolute atomic E-state index is 12.6. The van der Waals surface area contributed by atoms with Crippen LogP contribution in [0.2, 0.25) is 0 Å². The van der Waals surface area contributed by atoms with Gasteiger partial charge in [0, 0.05) is 18.6 Å². The number of hydrogen-bond donors (Lipinski definition) is 0. The normalized spacial score (nSPS) is 24.9. The van der Waals surface area contributed by atoms with Crippen molar-refractivity contribution in [1.29, 1.82) is 0 Å². The number of fused-ring (bicyclic) bond motifs is 2. The van der Waals surface area contributed by atoms with Crippen LogP contribution in [0, 0.1) is 10.1 Å². The molecular weight excluding hydrogens is 286 g/mol. The Bertz CT molecular complexity index is 785. The number of hydrogen-bond acceptors (Lipinski definition) is 5. The second kappa shape index (κ2) is 4.38. The third kappa shape index (κ3) is 1.81. The minimum atomic E-state index is -0.996. The molecule has 0 spiro atoms. The Kier molecular flexibility index (Phi) is 2.58. The predicted molar refractivity (Wildman–Crippen MR) is 75.8 cm³/mol. The monoisotopic (exact) mass is 297 g/mol. The van der Waals surface area contributed by atoms with Gasteiger partial charge < -0.3 is 9.47 Å². The van der Waals surface area contributed by atoms with E-state index in [-0.39, 0.29) is 11.5 Å². The van der Waals surface area contributed by atoms with Gasteiger partial charge in [-0.05, 0) is 17.7 Å². The van der Waals surface area contributed by atoms with Crippen LogP contribution in [0.1, 0.15) is 15.9 Å². The van der Waals surface area contributed by atoms with Crippen LogP contribution in [0.15, 0.2) is 48.5 Å². The topological polar surface area (TPSA) is 82.0 Å². The van der Waals surface area contributed by atoms with Gasteiger partial charge in [-0.3, -0.25) is 14.9 Å². The van der Waals surface area contributed by atoms with Crippen LogP contribution in [0.4, 0.5) is 5.69 Å². The minimum absolute atomic E-state index is 0.0195.